The predicted octanol–water partition coefficient (Wildman–Crippen LogP) is -11.6. The van der Waals surface area contributed by atoms with Crippen molar-refractivity contribution in [3.05, 3.63) is 0 Å². The summed E-state index contributed by atoms with van der Waals surface area (Å²) in [4.78, 5) is 30.2. The Labute approximate surface area is 140 Å². The molecule has 0 aliphatic carbocycles. The van der Waals surface area contributed by atoms with Crippen LogP contribution >= 0.6 is 0 Å². The Hall–Kier alpha value is 0.290. The zero-order valence-corrected chi connectivity index (χ0v) is 13.3. The second-order valence-electron chi connectivity index (χ2n) is 2.43. The first-order chi connectivity index (χ1) is 5.78. The number of hydrogen-bond donors (Lipinski definition) is 2. The number of carbonyl (C=O) groups is 3. The summed E-state index contributed by atoms with van der Waals surface area (Å²) in [5, 5.41) is 37.2. The molecule has 0 aromatic rings. The molecule has 9 nitrogen and oxygen atoms in total. The summed E-state index contributed by atoms with van der Waals surface area (Å²) >= 11 is 0. The Morgan fingerprint density at radius 1 is 0.941 bits per heavy atom. The average Bonchev–Trinajstić information content (AvgIpc) is 1.82. The maximum absolute atomic E-state index is 10.3. The molecule has 0 radical (unpaired) electrons. The van der Waals surface area contributed by atoms with Crippen LogP contribution in [-0.4, -0.2) is 44.7 Å². The Morgan fingerprint density at radius 3 is 1.29 bits per heavy atom. The molecule has 0 aliphatic rings. The molecular formula is C6H10Na2O9. The minimum absolute atomic E-state index is 0. The molecule has 0 heterocycles. The second kappa shape index (κ2) is 12.7. The van der Waals surface area contributed by atoms with Crippen molar-refractivity contribution < 1.29 is 105 Å². The summed E-state index contributed by atoms with van der Waals surface area (Å²) in [5.41, 5.74) is -2.86. The number of aliphatic hydroxyl groups is 1. The predicted molar refractivity (Wildman–Crippen MR) is 39.1 cm³/mol. The molecule has 6 N–H and O–H groups in total. The fourth-order valence-electron chi connectivity index (χ4n) is 0.691. The van der Waals surface area contributed by atoms with Crippen molar-refractivity contribution in [2.45, 2.75) is 18.4 Å². The normalized spacial score (nSPS) is 8.29. The van der Waals surface area contributed by atoms with Crippen LogP contribution in [0.4, 0.5) is 0 Å². The van der Waals surface area contributed by atoms with Crippen LogP contribution in [-0.2, 0) is 14.4 Å². The van der Waals surface area contributed by atoms with Crippen LogP contribution < -0.4 is 69.3 Å². The van der Waals surface area contributed by atoms with E-state index in [1.54, 1.807) is 0 Å². The third-order valence-corrected chi connectivity index (χ3v) is 1.27. The van der Waals surface area contributed by atoms with Gasteiger partial charge in [-0.25, -0.2) is 4.79 Å². The Balaban J connectivity index is -0.000000120. The van der Waals surface area contributed by atoms with Gasteiger partial charge in [-0.05, 0) is 0 Å². The smallest absolute Gasteiger partial charge is 0.550 e. The SMILES string of the molecule is O.O.O=C([O-])CC(O)(CC(=O)[O-])C(=O)O.[Na+].[Na+]. The van der Waals surface area contributed by atoms with Gasteiger partial charge in [0.05, 0.1) is 0 Å². The average molecular weight is 272 g/mol. The van der Waals surface area contributed by atoms with Crippen molar-refractivity contribution >= 4 is 17.9 Å². The third kappa shape index (κ3) is 12.5. The van der Waals surface area contributed by atoms with E-state index in [0.717, 1.165) is 0 Å². The van der Waals surface area contributed by atoms with E-state index in [0.29, 0.717) is 0 Å². The molecule has 0 bridgehead atoms. The van der Waals surface area contributed by atoms with Crippen molar-refractivity contribution in [3.8, 4) is 0 Å². The Kier molecular flexibility index (Phi) is 22.8. The molecule has 0 rings (SSSR count). The van der Waals surface area contributed by atoms with Crippen LogP contribution in [0.1, 0.15) is 12.8 Å². The van der Waals surface area contributed by atoms with E-state index in [9.17, 15) is 24.6 Å². The Bertz CT molecular complexity index is 238. The van der Waals surface area contributed by atoms with Crippen LogP contribution in [0.15, 0.2) is 0 Å². The summed E-state index contributed by atoms with van der Waals surface area (Å²) in [6.07, 6.45) is -2.59. The van der Waals surface area contributed by atoms with E-state index < -0.39 is 36.4 Å². The zero-order chi connectivity index (χ0) is 10.6. The molecule has 0 aromatic heterocycles. The molecule has 0 unspecified atom stereocenters. The first kappa shape index (κ1) is 30.4. The number of rotatable bonds is 5. The van der Waals surface area contributed by atoms with Gasteiger partial charge >= 0.3 is 65.1 Å². The molecule has 0 amide bonds. The quantitative estimate of drug-likeness (QED) is 0.462. The minimum atomic E-state index is -2.86. The fraction of sp³-hybridized carbons (Fsp3) is 0.500. The van der Waals surface area contributed by atoms with Crippen LogP contribution in [0.2, 0.25) is 0 Å². The molecule has 17 heavy (non-hydrogen) atoms. The first-order valence-electron chi connectivity index (χ1n) is 3.13. The molecule has 0 atom stereocenters. The van der Waals surface area contributed by atoms with Gasteiger partial charge in [0.1, 0.15) is 0 Å². The number of carboxylic acids is 3. The first-order valence-corrected chi connectivity index (χ1v) is 3.13. The van der Waals surface area contributed by atoms with E-state index in [-0.39, 0.29) is 70.1 Å². The fourth-order valence-corrected chi connectivity index (χ4v) is 0.691. The van der Waals surface area contributed by atoms with Gasteiger partial charge in [0.15, 0.2) is 5.60 Å². The van der Waals surface area contributed by atoms with Crippen LogP contribution in [0, 0.1) is 0 Å². The van der Waals surface area contributed by atoms with E-state index in [4.69, 9.17) is 10.2 Å². The maximum Gasteiger partial charge on any atom is 1.00 e. The molecule has 0 aromatic carbocycles. The van der Waals surface area contributed by atoms with Gasteiger partial charge in [-0.1, -0.05) is 0 Å². The van der Waals surface area contributed by atoms with Gasteiger partial charge in [0.2, 0.25) is 0 Å². The topological polar surface area (TPSA) is 201 Å². The van der Waals surface area contributed by atoms with Crippen LogP contribution in [0.5, 0.6) is 0 Å². The van der Waals surface area contributed by atoms with Gasteiger partial charge in [-0.3, -0.25) is 0 Å². The largest absolute Gasteiger partial charge is 1.00 e. The van der Waals surface area contributed by atoms with Crippen molar-refractivity contribution in [2.75, 3.05) is 0 Å². The number of aliphatic carboxylic acids is 3. The molecule has 0 saturated heterocycles. The molecular weight excluding hydrogens is 262 g/mol. The van der Waals surface area contributed by atoms with Gasteiger partial charge in [-0.15, -0.1) is 0 Å². The maximum atomic E-state index is 10.3. The molecule has 0 saturated carbocycles. The van der Waals surface area contributed by atoms with E-state index in [1.807, 2.05) is 0 Å². The van der Waals surface area contributed by atoms with E-state index >= 15 is 0 Å². The van der Waals surface area contributed by atoms with Crippen LogP contribution in [0.3, 0.4) is 0 Å². The minimum Gasteiger partial charge on any atom is -0.550 e. The molecule has 11 heteroatoms. The summed E-state index contributed by atoms with van der Waals surface area (Å²) < 4.78 is 0. The Morgan fingerprint density at radius 2 is 1.18 bits per heavy atom. The number of hydrogen-bond acceptors (Lipinski definition) is 6. The number of carbonyl (C=O) groups excluding carboxylic acids is 2. The standard InChI is InChI=1S/C6H8O7.2Na.2H2O/c7-3(8)1-6(13,5(11)12)2-4(9)10;;;;/h13H,1-2H2,(H,7,8)(H,9,10)(H,11,12);;;2*1H2/q;2*+1;;/p-2. The van der Waals surface area contributed by atoms with Gasteiger partial charge < -0.3 is 41.0 Å². The summed E-state index contributed by atoms with van der Waals surface area (Å²) in [5.74, 6) is -5.65. The second-order valence-corrected chi connectivity index (χ2v) is 2.43. The third-order valence-electron chi connectivity index (χ3n) is 1.27. The summed E-state index contributed by atoms with van der Waals surface area (Å²) in [6, 6.07) is 0. The molecule has 0 spiro atoms. The summed E-state index contributed by atoms with van der Waals surface area (Å²) in [6.45, 7) is 0. The number of carboxylic acid groups (broad SMARTS) is 3. The molecule has 0 fully saturated rings. The van der Waals surface area contributed by atoms with Crippen molar-refractivity contribution in [2.24, 2.45) is 0 Å². The van der Waals surface area contributed by atoms with Crippen LogP contribution in [0.25, 0.3) is 0 Å². The van der Waals surface area contributed by atoms with Crippen molar-refractivity contribution in [1.82, 2.24) is 0 Å². The van der Waals surface area contributed by atoms with Crippen molar-refractivity contribution in [3.63, 3.8) is 0 Å². The molecule has 0 aliphatic heterocycles. The monoisotopic (exact) mass is 272 g/mol. The van der Waals surface area contributed by atoms with Gasteiger partial charge in [0.25, 0.3) is 0 Å². The molecule has 90 valence electrons. The summed E-state index contributed by atoms with van der Waals surface area (Å²) in [7, 11) is 0. The van der Waals surface area contributed by atoms with Crippen molar-refractivity contribution in [1.29, 1.82) is 0 Å². The van der Waals surface area contributed by atoms with Gasteiger partial charge in [0, 0.05) is 24.8 Å². The van der Waals surface area contributed by atoms with Gasteiger partial charge in [-0.2, -0.15) is 0 Å². The van der Waals surface area contributed by atoms with E-state index in [1.165, 1.54) is 0 Å². The zero-order valence-electron chi connectivity index (χ0n) is 9.35. The van der Waals surface area contributed by atoms with E-state index in [2.05, 4.69) is 0 Å².